The molecule has 4 aromatic rings. The quantitative estimate of drug-likeness (QED) is 0.365. The second-order valence-corrected chi connectivity index (χ2v) is 8.78. The van der Waals surface area contributed by atoms with Gasteiger partial charge in [0.25, 0.3) is 5.91 Å². The zero-order chi connectivity index (χ0) is 24.4. The van der Waals surface area contributed by atoms with E-state index in [-0.39, 0.29) is 35.4 Å². The van der Waals surface area contributed by atoms with Gasteiger partial charge in [0.1, 0.15) is 10.8 Å². The van der Waals surface area contributed by atoms with Gasteiger partial charge in [0, 0.05) is 17.3 Å². The molecule has 10 nitrogen and oxygen atoms in total. The number of imidazole rings is 1. The molecule has 1 atom stereocenters. The summed E-state index contributed by atoms with van der Waals surface area (Å²) in [6.45, 7) is 1.90. The van der Waals surface area contributed by atoms with E-state index in [1.807, 2.05) is 0 Å². The van der Waals surface area contributed by atoms with E-state index in [4.69, 9.17) is 0 Å². The molecule has 0 saturated carbocycles. The van der Waals surface area contributed by atoms with Gasteiger partial charge in [-0.1, -0.05) is 41.7 Å². The van der Waals surface area contributed by atoms with Gasteiger partial charge in [-0.2, -0.15) is 0 Å². The number of fused-ring (bicyclic) bond motifs is 1. The number of carbonyl (C=O) groups is 2. The Labute approximate surface area is 215 Å². The third kappa shape index (κ3) is 5.09. The minimum atomic E-state index is -1.34. The first kappa shape index (κ1) is 24.9. The summed E-state index contributed by atoms with van der Waals surface area (Å²) in [5.74, 6) is -0.995. The van der Waals surface area contributed by atoms with Crippen molar-refractivity contribution >= 4 is 52.2 Å². The van der Waals surface area contributed by atoms with E-state index >= 15 is 0 Å². The van der Waals surface area contributed by atoms with Crippen molar-refractivity contribution in [3.8, 4) is 0 Å². The summed E-state index contributed by atoms with van der Waals surface area (Å²) < 4.78 is 14.9. The molecule has 3 amide bonds. The van der Waals surface area contributed by atoms with Crippen LogP contribution in [0.5, 0.6) is 0 Å². The highest BCUT2D eigenvalue weighted by atomic mass is 35.5. The zero-order valence-corrected chi connectivity index (χ0v) is 20.4. The first-order chi connectivity index (χ1) is 17.0. The van der Waals surface area contributed by atoms with Crippen LogP contribution >= 0.6 is 23.7 Å². The summed E-state index contributed by atoms with van der Waals surface area (Å²) in [5, 5.41) is 13.8. The van der Waals surface area contributed by atoms with Crippen LogP contribution in [0.1, 0.15) is 21.8 Å². The van der Waals surface area contributed by atoms with Crippen LogP contribution in [0.25, 0.3) is 0 Å². The lowest BCUT2D eigenvalue weighted by molar-refractivity contribution is -0.120. The Kier molecular flexibility index (Phi) is 7.36. The normalized spacial score (nSPS) is 14.8. The van der Waals surface area contributed by atoms with Gasteiger partial charge < -0.3 is 15.2 Å². The predicted molar refractivity (Wildman–Crippen MR) is 136 cm³/mol. The van der Waals surface area contributed by atoms with Crippen LogP contribution in [-0.4, -0.2) is 44.0 Å². The molecule has 3 heterocycles. The minimum absolute atomic E-state index is 0. The standard InChI is InChI=1S/C23H19FN8O2S.ClH/c1-13-30-31-23(35-13)29-22(34)28-20-21(33)32(11-14-10-25-12-26-14)18-9-5-3-7-16(18)19(27-20)15-6-2-4-8-17(15)24;/h2-10,12,20H,11H2,1H3,(H,25,26)(H2,28,29,31,34);1H. The number of nitrogens with one attached hydrogen (secondary N) is 3. The third-order valence-electron chi connectivity index (χ3n) is 5.23. The smallest absolute Gasteiger partial charge is 0.323 e. The molecule has 0 radical (unpaired) electrons. The number of aliphatic imine (C=N–C) groups is 1. The molecule has 1 aliphatic heterocycles. The Morgan fingerprint density at radius 3 is 2.58 bits per heavy atom. The fraction of sp³-hybridized carbons (Fsp3) is 0.130. The third-order valence-corrected chi connectivity index (χ3v) is 5.99. The number of benzodiazepines with no additional fused rings is 1. The molecule has 1 aliphatic rings. The molecule has 13 heteroatoms. The van der Waals surface area contributed by atoms with Crippen molar-refractivity contribution in [2.45, 2.75) is 19.6 Å². The summed E-state index contributed by atoms with van der Waals surface area (Å²) >= 11 is 1.19. The van der Waals surface area contributed by atoms with Gasteiger partial charge in [0.05, 0.1) is 30.0 Å². The highest BCUT2D eigenvalue weighted by Crippen LogP contribution is 2.30. The first-order valence-electron chi connectivity index (χ1n) is 10.6. The van der Waals surface area contributed by atoms with Crippen LogP contribution in [0.3, 0.4) is 0 Å². The second-order valence-electron chi connectivity index (χ2n) is 7.60. The number of hydrogen-bond donors (Lipinski definition) is 3. The van der Waals surface area contributed by atoms with Gasteiger partial charge in [-0.25, -0.2) is 19.2 Å². The van der Waals surface area contributed by atoms with E-state index in [0.29, 0.717) is 22.0 Å². The van der Waals surface area contributed by atoms with E-state index in [1.165, 1.54) is 28.6 Å². The van der Waals surface area contributed by atoms with Crippen molar-refractivity contribution in [1.29, 1.82) is 0 Å². The molecule has 3 N–H and O–H groups in total. The molecule has 0 aliphatic carbocycles. The summed E-state index contributed by atoms with van der Waals surface area (Å²) in [6, 6.07) is 12.6. The number of hydrogen-bond acceptors (Lipinski definition) is 7. The lowest BCUT2D eigenvalue weighted by Gasteiger charge is -2.25. The predicted octanol–water partition coefficient (Wildman–Crippen LogP) is 3.66. The van der Waals surface area contributed by atoms with E-state index in [9.17, 15) is 14.0 Å². The topological polar surface area (TPSA) is 128 Å². The lowest BCUT2D eigenvalue weighted by Crippen LogP contribution is -2.48. The van der Waals surface area contributed by atoms with Crippen LogP contribution in [0.15, 0.2) is 66.0 Å². The number of benzene rings is 2. The second kappa shape index (κ2) is 10.6. The largest absolute Gasteiger partial charge is 0.347 e. The molecule has 1 unspecified atom stereocenters. The van der Waals surface area contributed by atoms with E-state index in [0.717, 1.165) is 0 Å². The Morgan fingerprint density at radius 2 is 1.89 bits per heavy atom. The number of nitrogens with zero attached hydrogens (tertiary/aromatic N) is 5. The maximum atomic E-state index is 14.9. The van der Waals surface area contributed by atoms with Crippen molar-refractivity contribution in [1.82, 2.24) is 25.5 Å². The molecule has 0 spiro atoms. The van der Waals surface area contributed by atoms with Gasteiger partial charge in [0.2, 0.25) is 11.3 Å². The zero-order valence-electron chi connectivity index (χ0n) is 18.8. The number of anilines is 2. The van der Waals surface area contributed by atoms with Crippen molar-refractivity contribution < 1.29 is 14.0 Å². The number of aromatic amines is 1. The maximum absolute atomic E-state index is 14.9. The minimum Gasteiger partial charge on any atom is -0.347 e. The average molecular weight is 527 g/mol. The summed E-state index contributed by atoms with van der Waals surface area (Å²) in [5.41, 5.74) is 2.21. The number of halogens is 2. The van der Waals surface area contributed by atoms with E-state index in [1.54, 1.807) is 55.6 Å². The molecule has 2 aromatic heterocycles. The van der Waals surface area contributed by atoms with E-state index < -0.39 is 23.9 Å². The Morgan fingerprint density at radius 1 is 1.14 bits per heavy atom. The molecule has 0 saturated heterocycles. The summed E-state index contributed by atoms with van der Waals surface area (Å²) in [6.07, 6.45) is 1.78. The Bertz CT molecular complexity index is 1430. The fourth-order valence-electron chi connectivity index (χ4n) is 3.70. The van der Waals surface area contributed by atoms with Crippen molar-refractivity contribution in [2.75, 3.05) is 10.2 Å². The lowest BCUT2D eigenvalue weighted by atomic mass is 9.99. The van der Waals surface area contributed by atoms with Gasteiger partial charge >= 0.3 is 6.03 Å². The van der Waals surface area contributed by atoms with Crippen LogP contribution in [0, 0.1) is 12.7 Å². The molecule has 2 aromatic carbocycles. The van der Waals surface area contributed by atoms with Gasteiger partial charge in [0.15, 0.2) is 0 Å². The van der Waals surface area contributed by atoms with Crippen LogP contribution in [0.2, 0.25) is 0 Å². The molecule has 0 bridgehead atoms. The number of para-hydroxylation sites is 1. The average Bonchev–Trinajstić information content (AvgIpc) is 3.50. The SMILES string of the molecule is Cc1nnc(NC(=O)NC2N=C(c3ccccc3F)c3ccccc3N(Cc3cnc[nH]3)C2=O)s1.Cl. The highest BCUT2D eigenvalue weighted by molar-refractivity contribution is 7.15. The highest BCUT2D eigenvalue weighted by Gasteiger charge is 2.34. The monoisotopic (exact) mass is 526 g/mol. The number of rotatable bonds is 5. The molecular weight excluding hydrogens is 507 g/mol. The van der Waals surface area contributed by atoms with Crippen molar-refractivity contribution in [3.63, 3.8) is 0 Å². The molecule has 5 rings (SSSR count). The molecule has 0 fully saturated rings. The fourth-order valence-corrected chi connectivity index (χ4v) is 4.29. The maximum Gasteiger partial charge on any atom is 0.323 e. The summed E-state index contributed by atoms with van der Waals surface area (Å²) in [7, 11) is 0. The Balaban J connectivity index is 0.00000304. The van der Waals surface area contributed by atoms with Crippen LogP contribution in [-0.2, 0) is 11.3 Å². The number of aromatic nitrogens is 4. The van der Waals surface area contributed by atoms with Crippen molar-refractivity contribution in [3.05, 3.63) is 88.7 Å². The number of H-pyrrole nitrogens is 1. The molecule has 36 heavy (non-hydrogen) atoms. The van der Waals surface area contributed by atoms with Gasteiger partial charge in [-0.05, 0) is 25.1 Å². The number of carbonyl (C=O) groups excluding carboxylic acids is 2. The van der Waals surface area contributed by atoms with Crippen LogP contribution < -0.4 is 15.5 Å². The van der Waals surface area contributed by atoms with Crippen molar-refractivity contribution in [2.24, 2.45) is 4.99 Å². The van der Waals surface area contributed by atoms with Gasteiger partial charge in [-0.3, -0.25) is 10.1 Å². The summed E-state index contributed by atoms with van der Waals surface area (Å²) in [4.78, 5) is 39.5. The van der Waals surface area contributed by atoms with Gasteiger partial charge in [-0.15, -0.1) is 22.6 Å². The number of aryl methyl sites for hydroxylation is 1. The molecular formula is C23H20ClFN8O2S. The van der Waals surface area contributed by atoms with E-state index in [2.05, 4.69) is 35.8 Å². The Hall–Kier alpha value is -4.16. The number of amides is 3. The first-order valence-corrected chi connectivity index (χ1v) is 11.4. The van der Waals surface area contributed by atoms with Crippen LogP contribution in [0.4, 0.5) is 20.0 Å². The number of urea groups is 1. The molecule has 184 valence electrons.